The van der Waals surface area contributed by atoms with E-state index in [4.69, 9.17) is 10.4 Å². The van der Waals surface area contributed by atoms with Gasteiger partial charge in [-0.25, -0.2) is 0 Å². The van der Waals surface area contributed by atoms with E-state index in [9.17, 15) is 0 Å². The van der Waals surface area contributed by atoms with Crippen LogP contribution in [0.15, 0.2) is 0 Å². The third kappa shape index (κ3) is 5.50. The van der Waals surface area contributed by atoms with Crippen LogP contribution in [0.25, 0.3) is 0 Å². The van der Waals surface area contributed by atoms with Crippen molar-refractivity contribution in [1.82, 2.24) is 5.23 Å². The molecular weight excluding hydrogens is 190 g/mol. The second-order valence-electron chi connectivity index (χ2n) is 4.97. The standard InChI is InChI=1S/C12H25NO2/c1-11-7-6-9-12(11)8-4-2-3-5-10-13(14)15/h11-12,14-15H,2-10H2,1H3/t11?,12-/m1/s1. The Morgan fingerprint density at radius 1 is 1.07 bits per heavy atom. The highest BCUT2D eigenvalue weighted by molar-refractivity contribution is 4.73. The third-order valence-electron chi connectivity index (χ3n) is 3.72. The van der Waals surface area contributed by atoms with Gasteiger partial charge in [0.1, 0.15) is 0 Å². The fraction of sp³-hybridized carbons (Fsp3) is 1.00. The van der Waals surface area contributed by atoms with Gasteiger partial charge in [0.15, 0.2) is 0 Å². The topological polar surface area (TPSA) is 43.7 Å². The van der Waals surface area contributed by atoms with Crippen LogP contribution in [0.1, 0.15) is 58.3 Å². The van der Waals surface area contributed by atoms with Crippen LogP contribution in [0.4, 0.5) is 0 Å². The van der Waals surface area contributed by atoms with E-state index < -0.39 is 0 Å². The van der Waals surface area contributed by atoms with Crippen LogP contribution in [0.2, 0.25) is 0 Å². The van der Waals surface area contributed by atoms with E-state index in [0.717, 1.165) is 24.7 Å². The summed E-state index contributed by atoms with van der Waals surface area (Å²) < 4.78 is 0. The van der Waals surface area contributed by atoms with Crippen molar-refractivity contribution in [3.63, 3.8) is 0 Å². The Balaban J connectivity index is 1.88. The van der Waals surface area contributed by atoms with Crippen LogP contribution in [0, 0.1) is 11.8 Å². The molecule has 3 heteroatoms. The van der Waals surface area contributed by atoms with Crippen molar-refractivity contribution >= 4 is 0 Å². The van der Waals surface area contributed by atoms with E-state index in [1.165, 1.54) is 38.5 Å². The molecule has 1 aliphatic carbocycles. The maximum atomic E-state index is 8.51. The van der Waals surface area contributed by atoms with Crippen LogP contribution in [0.5, 0.6) is 0 Å². The summed E-state index contributed by atoms with van der Waals surface area (Å²) in [6, 6.07) is 0. The average Bonchev–Trinajstić information content (AvgIpc) is 2.57. The van der Waals surface area contributed by atoms with Crippen LogP contribution in [0.3, 0.4) is 0 Å². The van der Waals surface area contributed by atoms with Crippen LogP contribution in [-0.4, -0.2) is 22.2 Å². The maximum absolute atomic E-state index is 8.51. The van der Waals surface area contributed by atoms with Gasteiger partial charge >= 0.3 is 0 Å². The highest BCUT2D eigenvalue weighted by atomic mass is 16.8. The summed E-state index contributed by atoms with van der Waals surface area (Å²) in [6.07, 6.45) is 10.2. The van der Waals surface area contributed by atoms with Gasteiger partial charge in [0, 0.05) is 0 Å². The van der Waals surface area contributed by atoms with Gasteiger partial charge in [0.05, 0.1) is 6.54 Å². The van der Waals surface area contributed by atoms with Gasteiger partial charge in [-0.05, 0) is 18.3 Å². The molecule has 0 aromatic rings. The largest absolute Gasteiger partial charge is 0.290 e. The van der Waals surface area contributed by atoms with E-state index in [2.05, 4.69) is 6.92 Å². The number of hydroxylamine groups is 2. The molecule has 0 spiro atoms. The molecule has 0 aliphatic heterocycles. The summed E-state index contributed by atoms with van der Waals surface area (Å²) in [5.74, 6) is 1.91. The Hall–Kier alpha value is -0.120. The molecule has 1 rings (SSSR count). The lowest BCUT2D eigenvalue weighted by Gasteiger charge is -2.14. The van der Waals surface area contributed by atoms with Gasteiger partial charge < -0.3 is 0 Å². The summed E-state index contributed by atoms with van der Waals surface area (Å²) in [5, 5.41) is 17.3. The first kappa shape index (κ1) is 12.9. The zero-order valence-corrected chi connectivity index (χ0v) is 9.86. The first-order valence-corrected chi connectivity index (χ1v) is 6.35. The van der Waals surface area contributed by atoms with Crippen molar-refractivity contribution in [3.05, 3.63) is 0 Å². The van der Waals surface area contributed by atoms with E-state index in [0.29, 0.717) is 11.8 Å². The SMILES string of the molecule is CC1CCC[C@H]1CCCCCCN(O)O. The molecule has 1 saturated carbocycles. The van der Waals surface area contributed by atoms with E-state index in [1.807, 2.05) is 0 Å². The van der Waals surface area contributed by atoms with Crippen LogP contribution >= 0.6 is 0 Å². The molecule has 1 unspecified atom stereocenters. The van der Waals surface area contributed by atoms with Gasteiger partial charge in [0.25, 0.3) is 0 Å². The lowest BCUT2D eigenvalue weighted by Crippen LogP contribution is -2.14. The van der Waals surface area contributed by atoms with Gasteiger partial charge in [-0.15, -0.1) is 0 Å². The molecule has 3 nitrogen and oxygen atoms in total. The first-order chi connectivity index (χ1) is 7.20. The summed E-state index contributed by atoms with van der Waals surface area (Å²) in [6.45, 7) is 2.76. The zero-order chi connectivity index (χ0) is 11.1. The highest BCUT2D eigenvalue weighted by Crippen LogP contribution is 2.34. The number of nitrogens with zero attached hydrogens (tertiary/aromatic N) is 1. The lowest BCUT2D eigenvalue weighted by atomic mass is 9.92. The Bertz CT molecular complexity index is 162. The molecule has 0 amide bonds. The maximum Gasteiger partial charge on any atom is 0.0512 e. The van der Waals surface area contributed by atoms with Crippen molar-refractivity contribution in [3.8, 4) is 0 Å². The molecule has 0 aromatic heterocycles. The fourth-order valence-corrected chi connectivity index (χ4v) is 2.66. The summed E-state index contributed by atoms with van der Waals surface area (Å²) in [7, 11) is 0. The van der Waals surface area contributed by atoms with Crippen LogP contribution in [-0.2, 0) is 0 Å². The second-order valence-corrected chi connectivity index (χ2v) is 4.97. The predicted octanol–water partition coefficient (Wildman–Crippen LogP) is 3.45. The monoisotopic (exact) mass is 215 g/mol. The normalized spacial score (nSPS) is 26.4. The second kappa shape index (κ2) is 7.20. The number of hydrogen-bond donors (Lipinski definition) is 2. The Kier molecular flexibility index (Phi) is 6.22. The minimum absolute atomic E-state index is 0.291. The van der Waals surface area contributed by atoms with E-state index >= 15 is 0 Å². The van der Waals surface area contributed by atoms with E-state index in [1.54, 1.807) is 0 Å². The Morgan fingerprint density at radius 2 is 1.80 bits per heavy atom. The van der Waals surface area contributed by atoms with Gasteiger partial charge in [-0.1, -0.05) is 57.1 Å². The summed E-state index contributed by atoms with van der Waals surface area (Å²) in [5.41, 5.74) is 0. The number of hydrogen-bond acceptors (Lipinski definition) is 3. The molecule has 0 aromatic carbocycles. The van der Waals surface area contributed by atoms with Crippen molar-refractivity contribution in [2.45, 2.75) is 58.3 Å². The molecule has 2 atom stereocenters. The Morgan fingerprint density at radius 3 is 2.40 bits per heavy atom. The van der Waals surface area contributed by atoms with Gasteiger partial charge in [-0.3, -0.25) is 10.4 Å². The molecule has 1 fully saturated rings. The molecule has 0 bridgehead atoms. The van der Waals surface area contributed by atoms with Crippen LogP contribution < -0.4 is 0 Å². The number of rotatable bonds is 7. The first-order valence-electron chi connectivity index (χ1n) is 6.35. The quantitative estimate of drug-likeness (QED) is 0.505. The molecule has 15 heavy (non-hydrogen) atoms. The predicted molar refractivity (Wildman–Crippen MR) is 59.9 cm³/mol. The van der Waals surface area contributed by atoms with Gasteiger partial charge in [0.2, 0.25) is 0 Å². The average molecular weight is 215 g/mol. The third-order valence-corrected chi connectivity index (χ3v) is 3.72. The van der Waals surface area contributed by atoms with E-state index in [-0.39, 0.29) is 0 Å². The minimum atomic E-state index is 0.291. The molecule has 0 saturated heterocycles. The number of unbranched alkanes of at least 4 members (excludes halogenated alkanes) is 3. The zero-order valence-electron chi connectivity index (χ0n) is 9.86. The molecule has 0 heterocycles. The molecule has 0 radical (unpaired) electrons. The van der Waals surface area contributed by atoms with Crippen molar-refractivity contribution in [2.24, 2.45) is 11.8 Å². The summed E-state index contributed by atoms with van der Waals surface area (Å²) in [4.78, 5) is 0. The highest BCUT2D eigenvalue weighted by Gasteiger charge is 2.22. The molecule has 2 N–H and O–H groups in total. The smallest absolute Gasteiger partial charge is 0.0512 e. The van der Waals surface area contributed by atoms with Crippen molar-refractivity contribution < 1.29 is 10.4 Å². The molecule has 1 aliphatic rings. The molecular formula is C12H25NO2. The summed E-state index contributed by atoms with van der Waals surface area (Å²) >= 11 is 0. The fourth-order valence-electron chi connectivity index (χ4n) is 2.66. The van der Waals surface area contributed by atoms with Crippen molar-refractivity contribution in [1.29, 1.82) is 0 Å². The van der Waals surface area contributed by atoms with Crippen molar-refractivity contribution in [2.75, 3.05) is 6.54 Å². The Labute approximate surface area is 93.0 Å². The minimum Gasteiger partial charge on any atom is -0.290 e. The lowest BCUT2D eigenvalue weighted by molar-refractivity contribution is -0.306. The molecule has 90 valence electrons. The van der Waals surface area contributed by atoms with Gasteiger partial charge in [-0.2, -0.15) is 0 Å².